The Labute approximate surface area is 79.3 Å². The Hall–Kier alpha value is -0.683. The molecule has 1 unspecified atom stereocenters. The van der Waals surface area contributed by atoms with Crippen molar-refractivity contribution in [3.63, 3.8) is 0 Å². The maximum absolute atomic E-state index is 12.3. The lowest BCUT2D eigenvalue weighted by Crippen LogP contribution is -2.41. The third kappa shape index (κ3) is 2.93. The topological polar surface area (TPSA) is 35.5 Å². The first-order chi connectivity index (χ1) is 6.03. The van der Waals surface area contributed by atoms with E-state index in [4.69, 9.17) is 9.47 Å². The highest BCUT2D eigenvalue weighted by molar-refractivity contribution is 6.14. The molecule has 3 nitrogen and oxygen atoms in total. The molecular formula is C8H13FO3Si. The van der Waals surface area contributed by atoms with Crippen molar-refractivity contribution in [1.82, 2.24) is 0 Å². The first-order valence-electron chi connectivity index (χ1n) is 4.25. The molecule has 74 valence electrons. The van der Waals surface area contributed by atoms with E-state index in [0.717, 1.165) is 12.8 Å². The summed E-state index contributed by atoms with van der Waals surface area (Å²) in [5, 5.41) is 0. The fourth-order valence-corrected chi connectivity index (χ4v) is 1.98. The van der Waals surface area contributed by atoms with Crippen molar-refractivity contribution in [3.8, 4) is 0 Å². The van der Waals surface area contributed by atoms with E-state index < -0.39 is 17.2 Å². The summed E-state index contributed by atoms with van der Waals surface area (Å²) in [6.45, 7) is 3.45. The van der Waals surface area contributed by atoms with Gasteiger partial charge in [0.25, 0.3) is 0 Å². The van der Waals surface area contributed by atoms with Crippen LogP contribution in [0, 0.1) is 0 Å². The van der Waals surface area contributed by atoms with Gasteiger partial charge >= 0.3 is 5.97 Å². The highest BCUT2D eigenvalue weighted by Crippen LogP contribution is 2.23. The molecule has 0 aromatic carbocycles. The third-order valence-electron chi connectivity index (χ3n) is 1.96. The van der Waals surface area contributed by atoms with Crippen molar-refractivity contribution in [1.29, 1.82) is 0 Å². The van der Waals surface area contributed by atoms with Gasteiger partial charge in [0.1, 0.15) is 0 Å². The SMILES string of the molecule is C=C(F)C(=O)OC1([SiH3])CCCCO1. The summed E-state index contributed by atoms with van der Waals surface area (Å²) in [6.07, 6.45) is 2.59. The van der Waals surface area contributed by atoms with Gasteiger partial charge in [-0.15, -0.1) is 0 Å². The molecule has 0 aromatic rings. The molecule has 0 N–H and O–H groups in total. The second-order valence-electron chi connectivity index (χ2n) is 3.23. The molecule has 5 heteroatoms. The van der Waals surface area contributed by atoms with Gasteiger partial charge in [-0.05, 0) is 12.8 Å². The zero-order valence-electron chi connectivity index (χ0n) is 7.64. The number of rotatable bonds is 2. The summed E-state index contributed by atoms with van der Waals surface area (Å²) in [6, 6.07) is 0. The lowest BCUT2D eigenvalue weighted by molar-refractivity contribution is -0.203. The molecule has 1 atom stereocenters. The quantitative estimate of drug-likeness (QED) is 0.367. The van der Waals surface area contributed by atoms with Gasteiger partial charge in [-0.2, -0.15) is 4.39 Å². The van der Waals surface area contributed by atoms with Gasteiger partial charge in [0.2, 0.25) is 5.83 Å². The smallest absolute Gasteiger partial charge is 0.368 e. The van der Waals surface area contributed by atoms with Crippen molar-refractivity contribution in [2.24, 2.45) is 0 Å². The van der Waals surface area contributed by atoms with Crippen LogP contribution < -0.4 is 0 Å². The normalized spacial score (nSPS) is 28.4. The van der Waals surface area contributed by atoms with Gasteiger partial charge in [0.05, 0.1) is 16.8 Å². The number of halogens is 1. The standard InChI is InChI=1S/C8H13FO3Si/c1-6(9)7(10)12-8(13)4-2-3-5-11-8/h1-5H2,13H3. The Morgan fingerprint density at radius 3 is 2.77 bits per heavy atom. The average molecular weight is 204 g/mol. The van der Waals surface area contributed by atoms with Crippen LogP contribution in [-0.4, -0.2) is 28.2 Å². The van der Waals surface area contributed by atoms with Crippen LogP contribution in [0.1, 0.15) is 19.3 Å². The summed E-state index contributed by atoms with van der Waals surface area (Å²) < 4.78 is 22.5. The minimum atomic E-state index is -1.07. The predicted octanol–water partition coefficient (Wildman–Crippen LogP) is 0.232. The van der Waals surface area contributed by atoms with Crippen molar-refractivity contribution in [2.45, 2.75) is 24.7 Å². The molecule has 1 aliphatic heterocycles. The second-order valence-corrected chi connectivity index (χ2v) is 4.76. The molecule has 0 aliphatic carbocycles. The van der Waals surface area contributed by atoms with Crippen LogP contribution in [0.2, 0.25) is 0 Å². The van der Waals surface area contributed by atoms with Gasteiger partial charge in [-0.3, -0.25) is 0 Å². The molecule has 1 saturated heterocycles. The molecular weight excluding hydrogens is 191 g/mol. The summed E-state index contributed by atoms with van der Waals surface area (Å²) in [7, 11) is 0.551. The fraction of sp³-hybridized carbons (Fsp3) is 0.625. The van der Waals surface area contributed by atoms with Gasteiger partial charge in [0.15, 0.2) is 5.41 Å². The van der Waals surface area contributed by atoms with Crippen LogP contribution in [0.15, 0.2) is 12.4 Å². The Morgan fingerprint density at radius 1 is 1.62 bits per heavy atom. The lowest BCUT2D eigenvalue weighted by atomic mass is 10.2. The minimum Gasteiger partial charge on any atom is -0.433 e. The maximum atomic E-state index is 12.3. The number of esters is 1. The Bertz CT molecular complexity index is 223. The Morgan fingerprint density at radius 2 is 2.31 bits per heavy atom. The number of carbonyl (C=O) groups excluding carboxylic acids is 1. The van der Waals surface area contributed by atoms with Crippen molar-refractivity contribution in [2.75, 3.05) is 6.61 Å². The Kier molecular flexibility index (Phi) is 3.21. The second kappa shape index (κ2) is 4.02. The van der Waals surface area contributed by atoms with Gasteiger partial charge in [-0.1, -0.05) is 6.58 Å². The van der Waals surface area contributed by atoms with E-state index in [9.17, 15) is 9.18 Å². The predicted molar refractivity (Wildman–Crippen MR) is 48.8 cm³/mol. The molecule has 0 bridgehead atoms. The highest BCUT2D eigenvalue weighted by Gasteiger charge is 2.32. The van der Waals surface area contributed by atoms with E-state index in [-0.39, 0.29) is 0 Å². The maximum Gasteiger partial charge on any atom is 0.368 e. The fourth-order valence-electron chi connectivity index (χ4n) is 1.24. The van der Waals surface area contributed by atoms with Crippen LogP contribution in [-0.2, 0) is 14.3 Å². The van der Waals surface area contributed by atoms with Crippen LogP contribution in [0.25, 0.3) is 0 Å². The first-order valence-corrected chi connectivity index (χ1v) is 5.25. The van der Waals surface area contributed by atoms with E-state index in [1.807, 2.05) is 0 Å². The number of hydrogen-bond donors (Lipinski definition) is 0. The van der Waals surface area contributed by atoms with E-state index in [2.05, 4.69) is 6.58 Å². The summed E-state index contributed by atoms with van der Waals surface area (Å²) in [5.74, 6) is -2.07. The molecule has 1 aliphatic rings. The molecule has 1 heterocycles. The number of ether oxygens (including phenoxy) is 2. The summed E-state index contributed by atoms with van der Waals surface area (Å²) >= 11 is 0. The summed E-state index contributed by atoms with van der Waals surface area (Å²) in [5.41, 5.74) is -0.829. The zero-order chi connectivity index (χ0) is 9.90. The molecule has 1 fully saturated rings. The van der Waals surface area contributed by atoms with Gasteiger partial charge in [0, 0.05) is 6.42 Å². The number of carbonyl (C=O) groups is 1. The van der Waals surface area contributed by atoms with Gasteiger partial charge < -0.3 is 9.47 Å². The molecule has 1 rings (SSSR count). The van der Waals surface area contributed by atoms with Crippen LogP contribution in [0.5, 0.6) is 0 Å². The van der Waals surface area contributed by atoms with Gasteiger partial charge in [-0.25, -0.2) is 4.79 Å². The van der Waals surface area contributed by atoms with Crippen LogP contribution in [0.4, 0.5) is 4.39 Å². The average Bonchev–Trinajstić information content (AvgIpc) is 2.04. The molecule has 0 saturated carbocycles. The van der Waals surface area contributed by atoms with Crippen molar-refractivity contribution >= 4 is 16.2 Å². The third-order valence-corrected chi connectivity index (χ3v) is 2.96. The molecule has 0 aromatic heterocycles. The molecule has 0 radical (unpaired) electrons. The largest absolute Gasteiger partial charge is 0.433 e. The van der Waals surface area contributed by atoms with Crippen LogP contribution >= 0.6 is 0 Å². The van der Waals surface area contributed by atoms with Crippen molar-refractivity contribution < 1.29 is 18.7 Å². The lowest BCUT2D eigenvalue weighted by Gasteiger charge is -2.33. The van der Waals surface area contributed by atoms with Crippen LogP contribution in [0.3, 0.4) is 0 Å². The molecule has 0 amide bonds. The highest BCUT2D eigenvalue weighted by atomic mass is 28.1. The number of hydrogen-bond acceptors (Lipinski definition) is 3. The Balaban J connectivity index is 2.50. The monoisotopic (exact) mass is 204 g/mol. The van der Waals surface area contributed by atoms with E-state index in [1.165, 1.54) is 0 Å². The van der Waals surface area contributed by atoms with E-state index >= 15 is 0 Å². The molecule has 13 heavy (non-hydrogen) atoms. The minimum absolute atomic E-state index is 0.551. The van der Waals surface area contributed by atoms with Crippen molar-refractivity contribution in [3.05, 3.63) is 12.4 Å². The zero-order valence-corrected chi connectivity index (χ0v) is 9.64. The summed E-state index contributed by atoms with van der Waals surface area (Å²) in [4.78, 5) is 10.9. The molecule has 0 spiro atoms. The van der Waals surface area contributed by atoms with E-state index in [0.29, 0.717) is 23.3 Å². The van der Waals surface area contributed by atoms with E-state index in [1.54, 1.807) is 0 Å². The first kappa shape index (κ1) is 10.4.